The number of ether oxygens (including phenoxy) is 2. The minimum absolute atomic E-state index is 0.101. The van der Waals surface area contributed by atoms with Gasteiger partial charge in [-0.25, -0.2) is 5.43 Å². The van der Waals surface area contributed by atoms with Crippen molar-refractivity contribution >= 4 is 40.7 Å². The first kappa shape index (κ1) is 31.1. The van der Waals surface area contributed by atoms with E-state index in [0.29, 0.717) is 25.1 Å². The molecule has 0 radical (unpaired) electrons. The maximum atomic E-state index is 13.5. The summed E-state index contributed by atoms with van der Waals surface area (Å²) in [6, 6.07) is 7.54. The number of nitrogens with zero attached hydrogens (tertiary/aromatic N) is 2. The van der Waals surface area contributed by atoms with Crippen molar-refractivity contribution in [2.75, 3.05) is 20.3 Å². The summed E-state index contributed by atoms with van der Waals surface area (Å²) in [6.45, 7) is 9.08. The first-order chi connectivity index (χ1) is 19.9. The van der Waals surface area contributed by atoms with Crippen molar-refractivity contribution in [1.82, 2.24) is 26.1 Å². The molecule has 0 saturated carbocycles. The van der Waals surface area contributed by atoms with Gasteiger partial charge in [0, 0.05) is 19.0 Å². The molecule has 1 aromatic carbocycles. The molecule has 2 aromatic rings. The number of carbonyl (C=O) groups is 4. The molecule has 3 N–H and O–H groups in total. The molecule has 1 fully saturated rings. The highest BCUT2D eigenvalue weighted by molar-refractivity contribution is 5.92. The highest BCUT2D eigenvalue weighted by Crippen LogP contribution is 2.25. The normalized spacial score (nSPS) is 26.5. The van der Waals surface area contributed by atoms with Gasteiger partial charge in [0.15, 0.2) is 6.10 Å². The summed E-state index contributed by atoms with van der Waals surface area (Å²) < 4.78 is 11.0. The van der Waals surface area contributed by atoms with Crippen LogP contribution in [-0.2, 0) is 28.7 Å². The van der Waals surface area contributed by atoms with Crippen LogP contribution in [0, 0.1) is 11.3 Å². The Balaban J connectivity index is 1.72. The number of carbonyl (C=O) groups excluding carboxylic acids is 4. The lowest BCUT2D eigenvalue weighted by molar-refractivity contribution is -0.165. The fourth-order valence-corrected chi connectivity index (χ4v) is 4.93. The van der Waals surface area contributed by atoms with Crippen molar-refractivity contribution in [2.45, 2.75) is 71.7 Å². The molecule has 11 heteroatoms. The van der Waals surface area contributed by atoms with Gasteiger partial charge in [-0.2, -0.15) is 0 Å². The van der Waals surface area contributed by atoms with Crippen molar-refractivity contribution in [3.05, 3.63) is 47.7 Å². The smallest absolute Gasteiger partial charge is 0.316 e. The summed E-state index contributed by atoms with van der Waals surface area (Å²) in [4.78, 5) is 58.2. The minimum Gasteiger partial charge on any atom is -0.451 e. The second-order valence-corrected chi connectivity index (χ2v) is 11.9. The van der Waals surface area contributed by atoms with Crippen LogP contribution < -0.4 is 16.1 Å². The first-order valence-corrected chi connectivity index (χ1v) is 14.4. The second kappa shape index (κ2) is 13.0. The Morgan fingerprint density at radius 1 is 1.10 bits per heavy atom. The number of rotatable bonds is 3. The van der Waals surface area contributed by atoms with Crippen molar-refractivity contribution in [1.29, 1.82) is 0 Å². The summed E-state index contributed by atoms with van der Waals surface area (Å²) in [6.07, 6.45) is 3.54. The maximum absolute atomic E-state index is 13.5. The largest absolute Gasteiger partial charge is 0.451 e. The SMILES string of the molecule is COCC1NC(=O)C(C(C)C)OC(=O)C(C)(C)/C=C/c2ccc3ccc(nc3c2)[C@@H](C)NC(=O)[C@@H]2CCCN(N2)C1=O. The molecule has 2 aliphatic rings. The minimum atomic E-state index is -1.14. The van der Waals surface area contributed by atoms with Crippen LogP contribution in [0.1, 0.15) is 64.8 Å². The number of hydrogen-bond donors (Lipinski definition) is 3. The molecule has 2 unspecified atom stereocenters. The number of benzene rings is 1. The zero-order chi connectivity index (χ0) is 30.6. The summed E-state index contributed by atoms with van der Waals surface area (Å²) in [5.41, 5.74) is 4.24. The second-order valence-electron chi connectivity index (χ2n) is 11.9. The molecule has 2 aliphatic heterocycles. The van der Waals surface area contributed by atoms with Crippen LogP contribution in [0.2, 0.25) is 0 Å². The molecule has 5 bridgehead atoms. The van der Waals surface area contributed by atoms with Gasteiger partial charge in [-0.1, -0.05) is 44.2 Å². The molecule has 1 aromatic heterocycles. The molecular weight excluding hydrogens is 538 g/mol. The van der Waals surface area contributed by atoms with Gasteiger partial charge in [0.2, 0.25) is 5.91 Å². The standard InChI is InChI=1S/C31H41N5O6/c1-18(2)26-28(38)34-25(17-41-6)29(39)36-15-7-8-23(35-36)27(37)32-19(3)22-12-11-21-10-9-20(16-24(21)33-22)13-14-31(4,5)30(40)42-26/h9-14,16,18-19,23,25-26,35H,7-8,15,17H2,1-6H3,(H,32,37)(H,34,38)/b14-13+/t19-,23+,25?,26?/m1/s1. The van der Waals surface area contributed by atoms with E-state index in [1.165, 1.54) is 12.1 Å². The van der Waals surface area contributed by atoms with Crippen LogP contribution in [0.15, 0.2) is 36.4 Å². The van der Waals surface area contributed by atoms with E-state index in [-0.39, 0.29) is 24.5 Å². The highest BCUT2D eigenvalue weighted by atomic mass is 16.5. The maximum Gasteiger partial charge on any atom is 0.316 e. The third kappa shape index (κ3) is 7.14. The van der Waals surface area contributed by atoms with Gasteiger partial charge in [-0.05, 0) is 57.2 Å². The number of methoxy groups -OCH3 is 1. The molecule has 0 aliphatic carbocycles. The monoisotopic (exact) mass is 579 g/mol. The first-order valence-electron chi connectivity index (χ1n) is 14.4. The van der Waals surface area contributed by atoms with E-state index in [2.05, 4.69) is 16.1 Å². The molecular formula is C31H41N5O6. The Kier molecular flexibility index (Phi) is 9.63. The van der Waals surface area contributed by atoms with E-state index in [1.54, 1.807) is 33.8 Å². The van der Waals surface area contributed by atoms with E-state index in [4.69, 9.17) is 14.5 Å². The molecule has 1 saturated heterocycles. The lowest BCUT2D eigenvalue weighted by atomic mass is 9.92. The van der Waals surface area contributed by atoms with E-state index in [0.717, 1.165) is 16.5 Å². The number of aromatic nitrogens is 1. The third-order valence-corrected chi connectivity index (χ3v) is 7.57. The number of hydrogen-bond acceptors (Lipinski definition) is 8. The highest BCUT2D eigenvalue weighted by Gasteiger charge is 2.37. The van der Waals surface area contributed by atoms with Crippen LogP contribution in [0.4, 0.5) is 0 Å². The van der Waals surface area contributed by atoms with Crippen LogP contribution in [-0.4, -0.2) is 72.1 Å². The lowest BCUT2D eigenvalue weighted by Gasteiger charge is -2.36. The fraction of sp³-hybridized carbons (Fsp3) is 0.516. The Morgan fingerprint density at radius 3 is 2.55 bits per heavy atom. The quantitative estimate of drug-likeness (QED) is 0.472. The van der Waals surface area contributed by atoms with Gasteiger partial charge in [0.05, 0.1) is 29.3 Å². The van der Waals surface area contributed by atoms with Gasteiger partial charge in [-0.3, -0.25) is 29.2 Å². The predicted octanol–water partition coefficient (Wildman–Crippen LogP) is 2.66. The van der Waals surface area contributed by atoms with E-state index in [9.17, 15) is 19.2 Å². The average Bonchev–Trinajstić information content (AvgIpc) is 2.96. The van der Waals surface area contributed by atoms with Gasteiger partial charge < -0.3 is 20.1 Å². The molecule has 3 heterocycles. The Bertz CT molecular complexity index is 1370. The number of fused-ring (bicyclic) bond motifs is 4. The van der Waals surface area contributed by atoms with E-state index >= 15 is 0 Å². The number of esters is 1. The van der Waals surface area contributed by atoms with Crippen molar-refractivity contribution in [2.24, 2.45) is 11.3 Å². The molecule has 42 heavy (non-hydrogen) atoms. The summed E-state index contributed by atoms with van der Waals surface area (Å²) >= 11 is 0. The van der Waals surface area contributed by atoms with Crippen LogP contribution in [0.5, 0.6) is 0 Å². The van der Waals surface area contributed by atoms with Crippen LogP contribution in [0.3, 0.4) is 0 Å². The summed E-state index contributed by atoms with van der Waals surface area (Å²) in [5.74, 6) is -2.25. The molecule has 226 valence electrons. The molecule has 0 spiro atoms. The topological polar surface area (TPSA) is 139 Å². The number of hydrazine groups is 1. The van der Waals surface area contributed by atoms with Crippen molar-refractivity contribution in [3.8, 4) is 0 Å². The molecule has 4 rings (SSSR count). The van der Waals surface area contributed by atoms with Crippen LogP contribution >= 0.6 is 0 Å². The number of pyridine rings is 1. The van der Waals surface area contributed by atoms with E-state index < -0.39 is 41.4 Å². The number of cyclic esters (lactones) is 1. The molecule has 3 amide bonds. The Labute approximate surface area is 246 Å². The zero-order valence-electron chi connectivity index (χ0n) is 25.1. The summed E-state index contributed by atoms with van der Waals surface area (Å²) in [5, 5.41) is 8.01. The Morgan fingerprint density at radius 2 is 1.83 bits per heavy atom. The van der Waals surface area contributed by atoms with Gasteiger partial charge in [-0.15, -0.1) is 0 Å². The van der Waals surface area contributed by atoms with E-state index in [1.807, 2.05) is 43.3 Å². The molecule has 11 nitrogen and oxygen atoms in total. The zero-order valence-corrected chi connectivity index (χ0v) is 25.1. The van der Waals surface area contributed by atoms with Crippen molar-refractivity contribution < 1.29 is 28.7 Å². The average molecular weight is 580 g/mol. The van der Waals surface area contributed by atoms with Gasteiger partial charge in [0.25, 0.3) is 11.8 Å². The lowest BCUT2D eigenvalue weighted by Crippen LogP contribution is -2.62. The van der Waals surface area contributed by atoms with Crippen LogP contribution in [0.25, 0.3) is 17.0 Å². The van der Waals surface area contributed by atoms with Gasteiger partial charge in [0.1, 0.15) is 12.1 Å². The Hall–Kier alpha value is -3.83. The van der Waals surface area contributed by atoms with Crippen molar-refractivity contribution in [3.63, 3.8) is 0 Å². The number of nitrogens with one attached hydrogen (secondary N) is 3. The number of amides is 3. The summed E-state index contributed by atoms with van der Waals surface area (Å²) in [7, 11) is 1.43. The fourth-order valence-electron chi connectivity index (χ4n) is 4.93. The molecule has 4 atom stereocenters. The third-order valence-electron chi connectivity index (χ3n) is 7.57. The predicted molar refractivity (Wildman–Crippen MR) is 158 cm³/mol. The van der Waals surface area contributed by atoms with Gasteiger partial charge >= 0.3 is 5.97 Å².